The zero-order valence-corrected chi connectivity index (χ0v) is 17.7. The van der Waals surface area contributed by atoms with Crippen molar-refractivity contribution in [1.29, 1.82) is 0 Å². The van der Waals surface area contributed by atoms with Crippen molar-refractivity contribution in [2.75, 3.05) is 17.8 Å². The van der Waals surface area contributed by atoms with Gasteiger partial charge in [-0.1, -0.05) is 30.3 Å². The molecule has 3 aromatic rings. The Kier molecular flexibility index (Phi) is 6.15. The molecule has 1 fully saturated rings. The number of rotatable bonds is 7. The number of amides is 1. The van der Waals surface area contributed by atoms with Crippen molar-refractivity contribution in [3.05, 3.63) is 90.2 Å². The lowest BCUT2D eigenvalue weighted by Crippen LogP contribution is -2.65. The predicted molar refractivity (Wildman–Crippen MR) is 117 cm³/mol. The van der Waals surface area contributed by atoms with Gasteiger partial charge in [0, 0.05) is 10.6 Å². The lowest BCUT2D eigenvalue weighted by molar-refractivity contribution is -0.128. The van der Waals surface area contributed by atoms with E-state index in [1.165, 1.54) is 24.3 Å². The zero-order valence-electron chi connectivity index (χ0n) is 16.9. The predicted octanol–water partition coefficient (Wildman–Crippen LogP) is 3.50. The van der Waals surface area contributed by atoms with Crippen LogP contribution in [0.1, 0.15) is 11.5 Å². The number of aliphatic hydroxyl groups is 1. The van der Waals surface area contributed by atoms with E-state index in [0.29, 0.717) is 16.3 Å². The summed E-state index contributed by atoms with van der Waals surface area (Å²) in [5.74, 6) is -0.510. The van der Waals surface area contributed by atoms with Crippen LogP contribution in [0.25, 0.3) is 0 Å². The summed E-state index contributed by atoms with van der Waals surface area (Å²) in [6, 6.07) is 21.1. The van der Waals surface area contributed by atoms with E-state index in [1.54, 1.807) is 48.4 Å². The standard InChI is InChI=1S/C24H22FNO4S/c1-30-19-11-7-16(8-12-19)22-23(26(24(22)28)18-5-3-2-4-6-18)21(27)15-31(29)20-13-9-17(25)10-14-20/h2-14,21-23,27H,15H2,1H3/t21-,22+,23-,31?/m1/s1. The third-order valence-corrected chi connectivity index (χ3v) is 6.89. The second kappa shape index (κ2) is 8.99. The van der Waals surface area contributed by atoms with Gasteiger partial charge in [-0.15, -0.1) is 0 Å². The number of methoxy groups -OCH3 is 1. The van der Waals surface area contributed by atoms with Crippen LogP contribution in [0.2, 0.25) is 0 Å². The average Bonchev–Trinajstić information content (AvgIpc) is 2.79. The molecule has 0 aromatic heterocycles. The SMILES string of the molecule is COc1ccc([C@@H]2C(=O)N(c3ccccc3)[C@@H]2[C@H](O)CS(=O)c2ccc(F)cc2)cc1. The fourth-order valence-electron chi connectivity index (χ4n) is 3.88. The van der Waals surface area contributed by atoms with Crippen molar-refractivity contribution in [2.24, 2.45) is 0 Å². The Labute approximate surface area is 182 Å². The third-order valence-electron chi connectivity index (χ3n) is 5.45. The molecule has 31 heavy (non-hydrogen) atoms. The van der Waals surface area contributed by atoms with Crippen molar-refractivity contribution in [1.82, 2.24) is 0 Å². The average molecular weight is 440 g/mol. The molecule has 1 amide bonds. The molecular formula is C24H22FNO4S. The molecule has 5 nitrogen and oxygen atoms in total. The van der Waals surface area contributed by atoms with Crippen molar-refractivity contribution >= 4 is 22.4 Å². The minimum absolute atomic E-state index is 0.0699. The maximum Gasteiger partial charge on any atom is 0.237 e. The highest BCUT2D eigenvalue weighted by atomic mass is 32.2. The molecule has 0 bridgehead atoms. The number of hydrogen-bond donors (Lipinski definition) is 1. The summed E-state index contributed by atoms with van der Waals surface area (Å²) < 4.78 is 31.1. The van der Waals surface area contributed by atoms with E-state index in [0.717, 1.165) is 5.56 Å². The number of aliphatic hydroxyl groups excluding tert-OH is 1. The van der Waals surface area contributed by atoms with Gasteiger partial charge in [-0.25, -0.2) is 4.39 Å². The Morgan fingerprint density at radius 3 is 2.29 bits per heavy atom. The Morgan fingerprint density at radius 2 is 1.68 bits per heavy atom. The van der Waals surface area contributed by atoms with Crippen molar-refractivity contribution in [3.63, 3.8) is 0 Å². The number of β-lactam (4-membered cyclic amide) rings is 1. The van der Waals surface area contributed by atoms with Crippen LogP contribution in [0.4, 0.5) is 10.1 Å². The number of ether oxygens (including phenoxy) is 1. The fraction of sp³-hybridized carbons (Fsp3) is 0.208. The van der Waals surface area contributed by atoms with Crippen LogP contribution in [-0.2, 0) is 15.6 Å². The molecule has 4 rings (SSSR count). The van der Waals surface area contributed by atoms with E-state index in [2.05, 4.69) is 0 Å². The second-order valence-corrected chi connectivity index (χ2v) is 8.81. The molecule has 1 heterocycles. The molecule has 0 aliphatic carbocycles. The summed E-state index contributed by atoms with van der Waals surface area (Å²) in [5, 5.41) is 11.1. The number of anilines is 1. The number of carbonyl (C=O) groups excluding carboxylic acids is 1. The van der Waals surface area contributed by atoms with Gasteiger partial charge < -0.3 is 14.7 Å². The number of benzene rings is 3. The van der Waals surface area contributed by atoms with Gasteiger partial charge in [-0.3, -0.25) is 9.00 Å². The maximum absolute atomic E-state index is 13.2. The summed E-state index contributed by atoms with van der Waals surface area (Å²) in [4.78, 5) is 15.1. The van der Waals surface area contributed by atoms with Crippen LogP contribution in [0.15, 0.2) is 83.8 Å². The largest absolute Gasteiger partial charge is 0.497 e. The highest BCUT2D eigenvalue weighted by Crippen LogP contribution is 2.41. The molecular weight excluding hydrogens is 417 g/mol. The maximum atomic E-state index is 13.2. The molecule has 160 valence electrons. The van der Waals surface area contributed by atoms with Crippen LogP contribution in [0, 0.1) is 5.82 Å². The van der Waals surface area contributed by atoms with Gasteiger partial charge in [0.2, 0.25) is 5.91 Å². The third kappa shape index (κ3) is 4.24. The summed E-state index contributed by atoms with van der Waals surface area (Å²) in [6.45, 7) is 0. The zero-order chi connectivity index (χ0) is 22.0. The molecule has 1 aliphatic heterocycles. The first-order valence-corrected chi connectivity index (χ1v) is 11.2. The topological polar surface area (TPSA) is 66.8 Å². The smallest absolute Gasteiger partial charge is 0.237 e. The highest BCUT2D eigenvalue weighted by Gasteiger charge is 2.52. The Bertz CT molecular complexity index is 1070. The van der Waals surface area contributed by atoms with E-state index in [4.69, 9.17) is 4.74 Å². The van der Waals surface area contributed by atoms with Crippen molar-refractivity contribution in [3.8, 4) is 5.75 Å². The Balaban J connectivity index is 1.61. The van der Waals surface area contributed by atoms with Crippen molar-refractivity contribution in [2.45, 2.75) is 23.0 Å². The van der Waals surface area contributed by atoms with E-state index in [1.807, 2.05) is 18.2 Å². The number of carbonyl (C=O) groups is 1. The molecule has 0 radical (unpaired) electrons. The first-order valence-electron chi connectivity index (χ1n) is 9.83. The molecule has 1 N–H and O–H groups in total. The molecule has 3 aromatic carbocycles. The monoisotopic (exact) mass is 439 g/mol. The van der Waals surface area contributed by atoms with Crippen LogP contribution >= 0.6 is 0 Å². The van der Waals surface area contributed by atoms with Gasteiger partial charge in [0.15, 0.2) is 0 Å². The normalized spacial score (nSPS) is 20.1. The molecule has 1 unspecified atom stereocenters. The number of halogens is 1. The molecule has 4 atom stereocenters. The highest BCUT2D eigenvalue weighted by molar-refractivity contribution is 7.85. The molecule has 0 spiro atoms. The summed E-state index contributed by atoms with van der Waals surface area (Å²) in [6.07, 6.45) is -1.05. The number of hydrogen-bond acceptors (Lipinski definition) is 4. The van der Waals surface area contributed by atoms with Gasteiger partial charge in [-0.2, -0.15) is 0 Å². The molecule has 1 saturated heterocycles. The van der Waals surface area contributed by atoms with Gasteiger partial charge in [-0.05, 0) is 54.1 Å². The van der Waals surface area contributed by atoms with Crippen molar-refractivity contribution < 1.29 is 23.2 Å². The number of nitrogens with zero attached hydrogens (tertiary/aromatic N) is 1. The van der Waals surface area contributed by atoms with Crippen LogP contribution in [0.5, 0.6) is 5.75 Å². The molecule has 0 saturated carbocycles. The van der Waals surface area contributed by atoms with Gasteiger partial charge >= 0.3 is 0 Å². The number of para-hydroxylation sites is 1. The van der Waals surface area contributed by atoms with E-state index in [-0.39, 0.29) is 11.7 Å². The minimum atomic E-state index is -1.54. The summed E-state index contributed by atoms with van der Waals surface area (Å²) in [7, 11) is 0.0237. The summed E-state index contributed by atoms with van der Waals surface area (Å²) >= 11 is 0. The molecule has 1 aliphatic rings. The first kappa shape index (κ1) is 21.2. The molecule has 7 heteroatoms. The Hall–Kier alpha value is -3.03. The first-order chi connectivity index (χ1) is 15.0. The lowest BCUT2D eigenvalue weighted by Gasteiger charge is -2.49. The lowest BCUT2D eigenvalue weighted by atomic mass is 9.78. The summed E-state index contributed by atoms with van der Waals surface area (Å²) in [5.41, 5.74) is 1.43. The van der Waals surface area contributed by atoms with E-state index >= 15 is 0 Å². The fourth-order valence-corrected chi connectivity index (χ4v) is 5.02. The van der Waals surface area contributed by atoms with E-state index in [9.17, 15) is 18.5 Å². The Morgan fingerprint density at radius 1 is 1.03 bits per heavy atom. The second-order valence-electron chi connectivity index (χ2n) is 7.32. The quantitative estimate of drug-likeness (QED) is 0.573. The minimum Gasteiger partial charge on any atom is -0.497 e. The van der Waals surface area contributed by atoms with Crippen LogP contribution < -0.4 is 9.64 Å². The van der Waals surface area contributed by atoms with Crippen LogP contribution in [-0.4, -0.2) is 40.2 Å². The van der Waals surface area contributed by atoms with Gasteiger partial charge in [0.1, 0.15) is 11.6 Å². The van der Waals surface area contributed by atoms with Gasteiger partial charge in [0.25, 0.3) is 0 Å². The van der Waals surface area contributed by atoms with E-state index < -0.39 is 34.7 Å². The van der Waals surface area contributed by atoms with Gasteiger partial charge in [0.05, 0.1) is 41.7 Å². The van der Waals surface area contributed by atoms with Crippen LogP contribution in [0.3, 0.4) is 0 Å².